The van der Waals surface area contributed by atoms with Gasteiger partial charge in [0.1, 0.15) is 5.75 Å². The zero-order valence-corrected chi connectivity index (χ0v) is 17.0. The third-order valence-corrected chi connectivity index (χ3v) is 5.56. The van der Waals surface area contributed by atoms with E-state index in [9.17, 15) is 9.59 Å². The number of rotatable bonds is 7. The van der Waals surface area contributed by atoms with E-state index in [2.05, 4.69) is 0 Å². The van der Waals surface area contributed by atoms with E-state index in [4.69, 9.17) is 21.1 Å². The van der Waals surface area contributed by atoms with Crippen LogP contribution in [-0.4, -0.2) is 30.7 Å². The van der Waals surface area contributed by atoms with E-state index < -0.39 is 12.1 Å². The molecule has 3 aromatic rings. The molecule has 4 nitrogen and oxygen atoms in total. The van der Waals surface area contributed by atoms with Gasteiger partial charge in [-0.1, -0.05) is 35.9 Å². The molecule has 0 amide bonds. The summed E-state index contributed by atoms with van der Waals surface area (Å²) in [6, 6.07) is 18.2. The Hall–Kier alpha value is -2.50. The van der Waals surface area contributed by atoms with Crippen molar-refractivity contribution in [3.05, 3.63) is 71.2 Å². The molecule has 0 unspecified atom stereocenters. The van der Waals surface area contributed by atoms with Gasteiger partial charge in [-0.05, 0) is 48.7 Å². The summed E-state index contributed by atoms with van der Waals surface area (Å²) in [6.07, 6.45) is -0.863. The van der Waals surface area contributed by atoms with Crippen molar-refractivity contribution < 1.29 is 19.1 Å². The maximum absolute atomic E-state index is 12.4. The molecule has 3 aromatic carbocycles. The number of ether oxygens (including phenoxy) is 2. The normalized spacial score (nSPS) is 11.8. The highest BCUT2D eigenvalue weighted by atomic mass is 35.5. The molecule has 0 spiro atoms. The number of methoxy groups -OCH3 is 1. The minimum atomic E-state index is -0.863. The summed E-state index contributed by atoms with van der Waals surface area (Å²) >= 11 is 7.65. The molecule has 28 heavy (non-hydrogen) atoms. The molecular weight excluding hydrogens is 396 g/mol. The van der Waals surface area contributed by atoms with Gasteiger partial charge in [-0.3, -0.25) is 9.59 Å². The molecule has 0 bridgehead atoms. The largest absolute Gasteiger partial charge is 0.497 e. The van der Waals surface area contributed by atoms with Crippen LogP contribution in [0, 0.1) is 0 Å². The van der Waals surface area contributed by atoms with Gasteiger partial charge in [-0.25, -0.2) is 0 Å². The fraction of sp³-hybridized carbons (Fsp3) is 0.182. The first-order valence-electron chi connectivity index (χ1n) is 8.67. The zero-order valence-electron chi connectivity index (χ0n) is 15.5. The highest BCUT2D eigenvalue weighted by Gasteiger charge is 2.20. The topological polar surface area (TPSA) is 52.6 Å². The number of hydrogen-bond donors (Lipinski definition) is 0. The van der Waals surface area contributed by atoms with Crippen LogP contribution >= 0.6 is 23.4 Å². The number of ketones is 1. The average molecular weight is 415 g/mol. The summed E-state index contributed by atoms with van der Waals surface area (Å²) < 4.78 is 10.4. The molecule has 0 aliphatic carbocycles. The van der Waals surface area contributed by atoms with Crippen LogP contribution in [0.4, 0.5) is 0 Å². The lowest BCUT2D eigenvalue weighted by molar-refractivity contribution is -0.143. The smallest absolute Gasteiger partial charge is 0.316 e. The lowest BCUT2D eigenvalue weighted by Crippen LogP contribution is -2.25. The van der Waals surface area contributed by atoms with Crippen LogP contribution in [-0.2, 0) is 9.53 Å². The number of fused-ring (bicyclic) bond motifs is 1. The minimum Gasteiger partial charge on any atom is -0.497 e. The molecule has 0 saturated heterocycles. The quantitative estimate of drug-likeness (QED) is 0.294. The molecule has 0 saturated carbocycles. The third kappa shape index (κ3) is 4.66. The fourth-order valence-electron chi connectivity index (χ4n) is 2.79. The number of carbonyl (C=O) groups excluding carboxylic acids is 2. The maximum Gasteiger partial charge on any atom is 0.316 e. The van der Waals surface area contributed by atoms with Gasteiger partial charge in [0.15, 0.2) is 6.10 Å². The van der Waals surface area contributed by atoms with Crippen molar-refractivity contribution in [3.8, 4) is 5.75 Å². The molecule has 0 aliphatic rings. The van der Waals surface area contributed by atoms with Crippen molar-refractivity contribution in [1.29, 1.82) is 0 Å². The summed E-state index contributed by atoms with van der Waals surface area (Å²) in [5.74, 6) is 0.0360. The Morgan fingerprint density at radius 3 is 2.39 bits per heavy atom. The lowest BCUT2D eigenvalue weighted by Gasteiger charge is -2.13. The monoisotopic (exact) mass is 414 g/mol. The Morgan fingerprint density at radius 2 is 1.71 bits per heavy atom. The second-order valence-corrected chi connectivity index (χ2v) is 7.53. The zero-order chi connectivity index (χ0) is 20.1. The molecular formula is C22H19ClO4S. The van der Waals surface area contributed by atoms with Crippen LogP contribution in [0.15, 0.2) is 65.6 Å². The van der Waals surface area contributed by atoms with Gasteiger partial charge >= 0.3 is 5.97 Å². The number of hydrogen-bond acceptors (Lipinski definition) is 5. The maximum atomic E-state index is 12.4. The van der Waals surface area contributed by atoms with Gasteiger partial charge < -0.3 is 9.47 Å². The molecule has 1 atom stereocenters. The number of esters is 1. The first kappa shape index (κ1) is 20.2. The average Bonchev–Trinajstić information content (AvgIpc) is 2.71. The Bertz CT molecular complexity index is 996. The second kappa shape index (κ2) is 9.13. The van der Waals surface area contributed by atoms with Crippen molar-refractivity contribution in [1.82, 2.24) is 0 Å². The van der Waals surface area contributed by atoms with Gasteiger partial charge in [-0.15, -0.1) is 11.8 Å². The summed E-state index contributed by atoms with van der Waals surface area (Å²) in [6.45, 7) is 1.57. The van der Waals surface area contributed by atoms with E-state index in [0.717, 1.165) is 15.7 Å². The summed E-state index contributed by atoms with van der Waals surface area (Å²) in [7, 11) is 1.56. The summed E-state index contributed by atoms with van der Waals surface area (Å²) in [5, 5.41) is 2.55. The molecule has 3 rings (SSSR count). The molecule has 144 valence electrons. The molecule has 0 heterocycles. The van der Waals surface area contributed by atoms with E-state index >= 15 is 0 Å². The number of Topliss-reactive ketones (excluding diaryl/α,β-unsaturated/α-hetero) is 1. The van der Waals surface area contributed by atoms with E-state index in [1.54, 1.807) is 38.3 Å². The number of benzene rings is 3. The van der Waals surface area contributed by atoms with Crippen molar-refractivity contribution in [2.45, 2.75) is 17.9 Å². The van der Waals surface area contributed by atoms with Crippen molar-refractivity contribution >= 4 is 45.9 Å². The first-order valence-corrected chi connectivity index (χ1v) is 10.0. The lowest BCUT2D eigenvalue weighted by atomic mass is 10.1. The van der Waals surface area contributed by atoms with Crippen LogP contribution in [0.5, 0.6) is 5.75 Å². The van der Waals surface area contributed by atoms with Gasteiger partial charge in [0.2, 0.25) is 5.78 Å². The SMILES string of the molecule is COc1ccc(C(=O)[C@H](C)OC(=O)CSc2cccc3cccc(Cl)c23)cc1. The summed E-state index contributed by atoms with van der Waals surface area (Å²) in [5.41, 5.74) is 0.467. The Morgan fingerprint density at radius 1 is 1.04 bits per heavy atom. The molecule has 6 heteroatoms. The van der Waals surface area contributed by atoms with E-state index in [0.29, 0.717) is 16.3 Å². The standard InChI is InChI=1S/C22H19ClO4S/c1-14(22(25)16-9-11-17(26-2)12-10-16)27-20(24)13-28-19-8-4-6-15-5-3-7-18(23)21(15)19/h3-12,14H,13H2,1-2H3/t14-/m0/s1. The van der Waals surface area contributed by atoms with Crippen molar-refractivity contribution in [2.24, 2.45) is 0 Å². The van der Waals surface area contributed by atoms with E-state index in [1.165, 1.54) is 11.8 Å². The van der Waals surface area contributed by atoms with Crippen LogP contribution in [0.25, 0.3) is 10.8 Å². The molecule has 0 aliphatic heterocycles. The predicted molar refractivity (Wildman–Crippen MR) is 113 cm³/mol. The molecule has 0 fully saturated rings. The van der Waals surface area contributed by atoms with Gasteiger partial charge in [0.05, 0.1) is 12.9 Å². The van der Waals surface area contributed by atoms with Crippen LogP contribution in [0.1, 0.15) is 17.3 Å². The number of halogens is 1. The highest BCUT2D eigenvalue weighted by Crippen LogP contribution is 2.33. The third-order valence-electron chi connectivity index (χ3n) is 4.21. The summed E-state index contributed by atoms with van der Waals surface area (Å²) in [4.78, 5) is 25.6. The van der Waals surface area contributed by atoms with Crippen molar-refractivity contribution in [2.75, 3.05) is 12.9 Å². The van der Waals surface area contributed by atoms with E-state index in [1.807, 2.05) is 36.4 Å². The molecule has 0 N–H and O–H groups in total. The van der Waals surface area contributed by atoms with Gasteiger partial charge in [0.25, 0.3) is 0 Å². The Balaban J connectivity index is 1.62. The van der Waals surface area contributed by atoms with Gasteiger partial charge in [-0.2, -0.15) is 0 Å². The number of carbonyl (C=O) groups is 2. The molecule has 0 aromatic heterocycles. The predicted octanol–water partition coefficient (Wildman–Crippen LogP) is 5.41. The van der Waals surface area contributed by atoms with Crippen LogP contribution in [0.3, 0.4) is 0 Å². The van der Waals surface area contributed by atoms with Crippen LogP contribution < -0.4 is 4.74 Å². The molecule has 0 radical (unpaired) electrons. The number of thioether (sulfide) groups is 1. The Kier molecular flexibility index (Phi) is 6.60. The second-order valence-electron chi connectivity index (χ2n) is 6.11. The highest BCUT2D eigenvalue weighted by molar-refractivity contribution is 8.00. The Labute approximate surface area is 172 Å². The van der Waals surface area contributed by atoms with Crippen LogP contribution in [0.2, 0.25) is 5.02 Å². The minimum absolute atomic E-state index is 0.0879. The first-order chi connectivity index (χ1) is 13.5. The fourth-order valence-corrected chi connectivity index (χ4v) is 4.02. The van der Waals surface area contributed by atoms with E-state index in [-0.39, 0.29) is 11.5 Å². The van der Waals surface area contributed by atoms with Gasteiger partial charge in [0, 0.05) is 20.9 Å². The van der Waals surface area contributed by atoms with Crippen molar-refractivity contribution in [3.63, 3.8) is 0 Å².